The molecule has 5 nitrogen and oxygen atoms in total. The first-order valence-corrected chi connectivity index (χ1v) is 6.96. The van der Waals surface area contributed by atoms with Crippen molar-refractivity contribution in [1.82, 2.24) is 10.6 Å². The van der Waals surface area contributed by atoms with Crippen LogP contribution in [0.1, 0.15) is 6.42 Å². The van der Waals surface area contributed by atoms with Crippen LogP contribution >= 0.6 is 11.6 Å². The highest BCUT2D eigenvalue weighted by molar-refractivity contribution is 6.30. The number of nitrogens with zero attached hydrogens (tertiary/aromatic N) is 1. The van der Waals surface area contributed by atoms with Crippen LogP contribution in [0.5, 0.6) is 5.75 Å². The second-order valence-electron chi connectivity index (χ2n) is 4.08. The Morgan fingerprint density at radius 1 is 1.25 bits per heavy atom. The smallest absolute Gasteiger partial charge is 0.191 e. The molecule has 0 radical (unpaired) electrons. The molecule has 0 aliphatic heterocycles. The lowest BCUT2D eigenvalue weighted by atomic mass is 10.3. The van der Waals surface area contributed by atoms with Crippen molar-refractivity contribution in [2.75, 3.05) is 40.5 Å². The molecule has 1 aromatic rings. The number of methoxy groups -OCH3 is 1. The Morgan fingerprint density at radius 2 is 2.05 bits per heavy atom. The van der Waals surface area contributed by atoms with Crippen molar-refractivity contribution in [3.8, 4) is 5.75 Å². The van der Waals surface area contributed by atoms with E-state index in [9.17, 15) is 0 Å². The maximum absolute atomic E-state index is 5.88. The Hall–Kier alpha value is -1.46. The molecule has 0 amide bonds. The Morgan fingerprint density at radius 3 is 2.75 bits per heavy atom. The maximum atomic E-state index is 5.88. The standard InChI is InChI=1S/C14H22ClN3O2/c1-16-14(17-7-4-9-19-2)18-8-10-20-13-6-3-5-12(15)11-13/h3,5-6,11H,4,7-10H2,1-2H3,(H2,16,17,18). The van der Waals surface area contributed by atoms with Crippen LogP contribution in [0.4, 0.5) is 0 Å². The minimum Gasteiger partial charge on any atom is -0.492 e. The number of hydrogen-bond acceptors (Lipinski definition) is 3. The number of hydrogen-bond donors (Lipinski definition) is 2. The van der Waals surface area contributed by atoms with Gasteiger partial charge in [0.15, 0.2) is 5.96 Å². The zero-order valence-electron chi connectivity index (χ0n) is 12.0. The van der Waals surface area contributed by atoms with Gasteiger partial charge in [-0.1, -0.05) is 17.7 Å². The molecule has 2 N–H and O–H groups in total. The van der Waals surface area contributed by atoms with E-state index in [0.717, 1.165) is 31.3 Å². The first-order chi connectivity index (χ1) is 9.76. The summed E-state index contributed by atoms with van der Waals surface area (Å²) in [5.41, 5.74) is 0. The molecule has 1 aromatic carbocycles. The summed E-state index contributed by atoms with van der Waals surface area (Å²) in [6.45, 7) is 2.76. The molecule has 0 heterocycles. The van der Waals surface area contributed by atoms with Crippen molar-refractivity contribution in [3.63, 3.8) is 0 Å². The van der Waals surface area contributed by atoms with Crippen LogP contribution in [0, 0.1) is 0 Å². The van der Waals surface area contributed by atoms with E-state index in [4.69, 9.17) is 21.1 Å². The van der Waals surface area contributed by atoms with Crippen molar-refractivity contribution in [3.05, 3.63) is 29.3 Å². The highest BCUT2D eigenvalue weighted by Gasteiger charge is 1.98. The lowest BCUT2D eigenvalue weighted by Gasteiger charge is -2.12. The van der Waals surface area contributed by atoms with Crippen LogP contribution in [-0.2, 0) is 4.74 Å². The van der Waals surface area contributed by atoms with Crippen LogP contribution in [0.15, 0.2) is 29.3 Å². The normalized spacial score (nSPS) is 11.2. The predicted molar refractivity (Wildman–Crippen MR) is 82.8 cm³/mol. The molecule has 0 aliphatic rings. The van der Waals surface area contributed by atoms with Crippen LogP contribution in [-0.4, -0.2) is 46.4 Å². The third-order valence-corrected chi connectivity index (χ3v) is 2.74. The molecule has 112 valence electrons. The molecule has 0 saturated heterocycles. The van der Waals surface area contributed by atoms with Gasteiger partial charge in [0.25, 0.3) is 0 Å². The molecular weight excluding hydrogens is 278 g/mol. The Kier molecular flexibility index (Phi) is 8.58. The summed E-state index contributed by atoms with van der Waals surface area (Å²) >= 11 is 5.88. The summed E-state index contributed by atoms with van der Waals surface area (Å²) in [6.07, 6.45) is 0.941. The van der Waals surface area contributed by atoms with Crippen molar-refractivity contribution in [1.29, 1.82) is 0 Å². The Balaban J connectivity index is 2.15. The van der Waals surface area contributed by atoms with E-state index in [1.807, 2.05) is 18.2 Å². The quantitative estimate of drug-likeness (QED) is 0.437. The third kappa shape index (κ3) is 7.21. The minimum absolute atomic E-state index is 0.541. The number of ether oxygens (including phenoxy) is 2. The Bertz CT molecular complexity index is 413. The summed E-state index contributed by atoms with van der Waals surface area (Å²) in [6, 6.07) is 7.35. The molecule has 0 aromatic heterocycles. The predicted octanol–water partition coefficient (Wildman–Crippen LogP) is 1.92. The van der Waals surface area contributed by atoms with Crippen LogP contribution < -0.4 is 15.4 Å². The average Bonchev–Trinajstić information content (AvgIpc) is 2.46. The van der Waals surface area contributed by atoms with Gasteiger partial charge < -0.3 is 20.1 Å². The van der Waals surface area contributed by atoms with Gasteiger partial charge in [0, 0.05) is 32.3 Å². The summed E-state index contributed by atoms with van der Waals surface area (Å²) in [7, 11) is 3.43. The van der Waals surface area contributed by atoms with Crippen molar-refractivity contribution in [2.24, 2.45) is 4.99 Å². The van der Waals surface area contributed by atoms with E-state index < -0.39 is 0 Å². The molecule has 0 aliphatic carbocycles. The van der Waals surface area contributed by atoms with E-state index >= 15 is 0 Å². The van der Waals surface area contributed by atoms with Crippen molar-refractivity contribution in [2.45, 2.75) is 6.42 Å². The lowest BCUT2D eigenvalue weighted by molar-refractivity contribution is 0.195. The fraction of sp³-hybridized carbons (Fsp3) is 0.500. The van der Waals surface area contributed by atoms with Gasteiger partial charge in [0.05, 0.1) is 6.54 Å². The van der Waals surface area contributed by atoms with E-state index in [2.05, 4.69) is 15.6 Å². The SMILES string of the molecule is CN=C(NCCCOC)NCCOc1cccc(Cl)c1. The topological polar surface area (TPSA) is 54.9 Å². The molecule has 20 heavy (non-hydrogen) atoms. The van der Waals surface area contributed by atoms with Gasteiger partial charge in [-0.25, -0.2) is 0 Å². The number of rotatable bonds is 8. The maximum Gasteiger partial charge on any atom is 0.191 e. The van der Waals surface area contributed by atoms with E-state index in [1.54, 1.807) is 20.2 Å². The summed E-state index contributed by atoms with van der Waals surface area (Å²) < 4.78 is 10.6. The highest BCUT2D eigenvalue weighted by atomic mass is 35.5. The van der Waals surface area contributed by atoms with Gasteiger partial charge in [-0.05, 0) is 24.6 Å². The largest absolute Gasteiger partial charge is 0.492 e. The van der Waals surface area contributed by atoms with Gasteiger partial charge in [0.2, 0.25) is 0 Å². The van der Waals surface area contributed by atoms with Crippen LogP contribution in [0.3, 0.4) is 0 Å². The van der Waals surface area contributed by atoms with E-state index in [1.165, 1.54) is 0 Å². The van der Waals surface area contributed by atoms with E-state index in [-0.39, 0.29) is 0 Å². The van der Waals surface area contributed by atoms with Gasteiger partial charge in [-0.15, -0.1) is 0 Å². The molecule has 0 spiro atoms. The first-order valence-electron chi connectivity index (χ1n) is 6.58. The molecule has 0 atom stereocenters. The molecule has 6 heteroatoms. The molecule has 0 saturated carbocycles. The summed E-state index contributed by atoms with van der Waals surface area (Å²) in [4.78, 5) is 4.12. The fourth-order valence-electron chi connectivity index (χ4n) is 1.54. The number of guanidine groups is 1. The zero-order chi connectivity index (χ0) is 14.6. The molecule has 0 fully saturated rings. The minimum atomic E-state index is 0.541. The summed E-state index contributed by atoms with van der Waals surface area (Å²) in [5, 5.41) is 7.04. The number of aliphatic imine (C=N–C) groups is 1. The number of benzene rings is 1. The fourth-order valence-corrected chi connectivity index (χ4v) is 1.72. The number of halogens is 1. The van der Waals surface area contributed by atoms with Gasteiger partial charge in [-0.2, -0.15) is 0 Å². The van der Waals surface area contributed by atoms with Gasteiger partial charge in [-0.3, -0.25) is 4.99 Å². The molecule has 0 bridgehead atoms. The van der Waals surface area contributed by atoms with Crippen molar-refractivity contribution >= 4 is 17.6 Å². The highest BCUT2D eigenvalue weighted by Crippen LogP contribution is 2.16. The monoisotopic (exact) mass is 299 g/mol. The zero-order valence-corrected chi connectivity index (χ0v) is 12.7. The molecular formula is C14H22ClN3O2. The second kappa shape index (κ2) is 10.3. The van der Waals surface area contributed by atoms with Crippen LogP contribution in [0.2, 0.25) is 5.02 Å². The van der Waals surface area contributed by atoms with Crippen LogP contribution in [0.25, 0.3) is 0 Å². The van der Waals surface area contributed by atoms with E-state index in [0.29, 0.717) is 18.2 Å². The van der Waals surface area contributed by atoms with Crippen molar-refractivity contribution < 1.29 is 9.47 Å². The number of nitrogens with one attached hydrogen (secondary N) is 2. The lowest BCUT2D eigenvalue weighted by Crippen LogP contribution is -2.39. The summed E-state index contributed by atoms with van der Waals surface area (Å²) in [5.74, 6) is 1.53. The third-order valence-electron chi connectivity index (χ3n) is 2.50. The van der Waals surface area contributed by atoms with Gasteiger partial charge >= 0.3 is 0 Å². The Labute approximate surface area is 125 Å². The molecule has 0 unspecified atom stereocenters. The average molecular weight is 300 g/mol. The first kappa shape index (κ1) is 16.6. The second-order valence-corrected chi connectivity index (χ2v) is 4.51. The molecule has 1 rings (SSSR count). The van der Waals surface area contributed by atoms with Gasteiger partial charge in [0.1, 0.15) is 12.4 Å².